The van der Waals surface area contributed by atoms with Crippen LogP contribution in [0.25, 0.3) is 0 Å². The van der Waals surface area contributed by atoms with Crippen LogP contribution in [-0.2, 0) is 20.1 Å². The summed E-state index contributed by atoms with van der Waals surface area (Å²) in [5.41, 5.74) is 2.25. The fourth-order valence-corrected chi connectivity index (χ4v) is 2.93. The fraction of sp³-hybridized carbons (Fsp3) is 0.500. The number of hydrogen-bond donors (Lipinski definition) is 1. The lowest BCUT2D eigenvalue weighted by atomic mass is 10.4. The van der Waals surface area contributed by atoms with Gasteiger partial charge in [0.15, 0.2) is 11.1 Å². The molecule has 1 N–H and O–H groups in total. The summed E-state index contributed by atoms with van der Waals surface area (Å²) < 4.78 is 2.13. The van der Waals surface area contributed by atoms with Gasteiger partial charge in [-0.15, -0.1) is 11.3 Å². The van der Waals surface area contributed by atoms with Crippen molar-refractivity contribution in [3.63, 3.8) is 0 Å². The highest BCUT2D eigenvalue weighted by atomic mass is 32.1. The summed E-state index contributed by atoms with van der Waals surface area (Å²) in [5.74, 6) is 0.896. The Labute approximate surface area is 142 Å². The lowest BCUT2D eigenvalue weighted by Crippen LogP contribution is -2.38. The fourth-order valence-electron chi connectivity index (χ4n) is 2.18. The highest BCUT2D eigenvalue weighted by molar-refractivity contribution is 7.13. The Bertz CT molecular complexity index is 643. The summed E-state index contributed by atoms with van der Waals surface area (Å²) in [4.78, 5) is 13.4. The Morgan fingerprint density at radius 3 is 2.74 bits per heavy atom. The molecule has 0 spiro atoms. The Balaban J connectivity index is 2.05. The van der Waals surface area contributed by atoms with Gasteiger partial charge in [0.05, 0.1) is 18.8 Å². The molecule has 6 nitrogen and oxygen atoms in total. The zero-order valence-corrected chi connectivity index (χ0v) is 15.4. The number of thiazole rings is 1. The first kappa shape index (κ1) is 17.3. The number of nitrogens with one attached hydrogen (secondary N) is 1. The quantitative estimate of drug-likeness (QED) is 0.649. The lowest BCUT2D eigenvalue weighted by Gasteiger charge is -2.22. The highest BCUT2D eigenvalue weighted by Gasteiger charge is 2.09. The predicted octanol–water partition coefficient (Wildman–Crippen LogP) is 2.15. The maximum absolute atomic E-state index is 4.71. The smallest absolute Gasteiger partial charge is 0.194 e. The molecule has 126 valence electrons. The van der Waals surface area contributed by atoms with Crippen molar-refractivity contribution in [3.8, 4) is 0 Å². The first-order valence-corrected chi connectivity index (χ1v) is 8.60. The molecular weight excluding hydrogens is 308 g/mol. The van der Waals surface area contributed by atoms with E-state index in [9.17, 15) is 0 Å². The van der Waals surface area contributed by atoms with Crippen molar-refractivity contribution < 1.29 is 0 Å². The molecule has 23 heavy (non-hydrogen) atoms. The third kappa shape index (κ3) is 4.72. The van der Waals surface area contributed by atoms with Crippen LogP contribution in [0.2, 0.25) is 0 Å². The lowest BCUT2D eigenvalue weighted by molar-refractivity contribution is 0.461. The molecule has 0 fully saturated rings. The van der Waals surface area contributed by atoms with Crippen molar-refractivity contribution in [2.75, 3.05) is 32.6 Å². The molecule has 0 atom stereocenters. The highest BCUT2D eigenvalue weighted by Crippen LogP contribution is 2.18. The van der Waals surface area contributed by atoms with Crippen molar-refractivity contribution in [2.24, 2.45) is 12.0 Å². The first-order valence-electron chi connectivity index (χ1n) is 7.72. The molecular formula is C16H26N6S. The summed E-state index contributed by atoms with van der Waals surface area (Å²) in [6.45, 7) is 4.33. The molecule has 0 aliphatic carbocycles. The molecule has 0 unspecified atom stereocenters. The minimum atomic E-state index is 0.587. The minimum Gasteiger partial charge on any atom is -0.357 e. The average Bonchev–Trinajstić information content (AvgIpc) is 3.13. The molecule has 0 radical (unpaired) electrons. The van der Waals surface area contributed by atoms with Gasteiger partial charge in [-0.2, -0.15) is 0 Å². The maximum Gasteiger partial charge on any atom is 0.194 e. The van der Waals surface area contributed by atoms with Crippen LogP contribution in [-0.4, -0.2) is 48.1 Å². The van der Waals surface area contributed by atoms with E-state index in [-0.39, 0.29) is 0 Å². The number of nitrogens with zero attached hydrogens (tertiary/aromatic N) is 5. The monoisotopic (exact) mass is 334 g/mol. The molecule has 0 amide bonds. The van der Waals surface area contributed by atoms with E-state index in [2.05, 4.69) is 64.5 Å². The van der Waals surface area contributed by atoms with Gasteiger partial charge in [0.25, 0.3) is 0 Å². The van der Waals surface area contributed by atoms with E-state index >= 15 is 0 Å². The summed E-state index contributed by atoms with van der Waals surface area (Å²) >= 11 is 1.65. The number of aryl methyl sites for hydroxylation is 1. The van der Waals surface area contributed by atoms with Crippen LogP contribution in [0.15, 0.2) is 28.7 Å². The van der Waals surface area contributed by atoms with Gasteiger partial charge in [0.2, 0.25) is 0 Å². The van der Waals surface area contributed by atoms with Crippen LogP contribution < -0.4 is 10.2 Å². The van der Waals surface area contributed by atoms with E-state index in [4.69, 9.17) is 4.99 Å². The summed E-state index contributed by atoms with van der Waals surface area (Å²) in [6.07, 6.45) is 2.06. The van der Waals surface area contributed by atoms with Gasteiger partial charge >= 0.3 is 0 Å². The van der Waals surface area contributed by atoms with Crippen molar-refractivity contribution in [3.05, 3.63) is 35.1 Å². The maximum atomic E-state index is 4.71. The van der Waals surface area contributed by atoms with Gasteiger partial charge in [-0.1, -0.05) is 0 Å². The van der Waals surface area contributed by atoms with E-state index < -0.39 is 0 Å². The van der Waals surface area contributed by atoms with Crippen LogP contribution in [0, 0.1) is 0 Å². The van der Waals surface area contributed by atoms with E-state index in [1.54, 1.807) is 11.3 Å². The van der Waals surface area contributed by atoms with Crippen molar-refractivity contribution in [1.29, 1.82) is 0 Å². The Hall–Kier alpha value is -2.02. The Morgan fingerprint density at radius 1 is 1.39 bits per heavy atom. The standard InChI is InChI=1S/C16H26N6S/c1-6-17-15(22(5)11-14-8-7-9-21(14)4)18-10-13-12-23-16(19-13)20(2)3/h7-9,12H,6,10-11H2,1-5H3,(H,17,18). The number of anilines is 1. The number of aromatic nitrogens is 2. The Morgan fingerprint density at radius 2 is 2.17 bits per heavy atom. The molecule has 2 heterocycles. The zero-order chi connectivity index (χ0) is 16.8. The van der Waals surface area contributed by atoms with Crippen molar-refractivity contribution in [2.45, 2.75) is 20.0 Å². The molecule has 0 saturated carbocycles. The van der Waals surface area contributed by atoms with Gasteiger partial charge in [0, 0.05) is 52.0 Å². The number of aliphatic imine (C=N–C) groups is 1. The van der Waals surface area contributed by atoms with Gasteiger partial charge in [0.1, 0.15) is 0 Å². The Kier molecular flexibility index (Phi) is 6.04. The number of hydrogen-bond acceptors (Lipinski definition) is 4. The molecule has 0 bridgehead atoms. The summed E-state index contributed by atoms with van der Waals surface area (Å²) in [6, 6.07) is 4.19. The van der Waals surface area contributed by atoms with Crippen LogP contribution >= 0.6 is 11.3 Å². The number of guanidine groups is 1. The second-order valence-electron chi connectivity index (χ2n) is 5.65. The SMILES string of the molecule is CCNC(=NCc1csc(N(C)C)n1)N(C)Cc1cccn1C. The van der Waals surface area contributed by atoms with Gasteiger partial charge in [-0.3, -0.25) is 0 Å². The summed E-state index contributed by atoms with van der Waals surface area (Å²) in [5, 5.41) is 6.43. The largest absolute Gasteiger partial charge is 0.357 e. The molecule has 7 heteroatoms. The number of rotatable bonds is 6. The molecule has 2 rings (SSSR count). The topological polar surface area (TPSA) is 48.7 Å². The normalized spacial score (nSPS) is 11.6. The molecule has 0 aliphatic heterocycles. The third-order valence-corrected chi connectivity index (χ3v) is 4.52. The van der Waals surface area contributed by atoms with Crippen molar-refractivity contribution >= 4 is 22.4 Å². The van der Waals surface area contributed by atoms with Gasteiger partial charge in [-0.25, -0.2) is 9.98 Å². The minimum absolute atomic E-state index is 0.587. The van der Waals surface area contributed by atoms with Crippen LogP contribution in [0.4, 0.5) is 5.13 Å². The van der Waals surface area contributed by atoms with Crippen LogP contribution in [0.1, 0.15) is 18.3 Å². The average molecular weight is 334 g/mol. The summed E-state index contributed by atoms with van der Waals surface area (Å²) in [7, 11) is 8.12. The van der Waals surface area contributed by atoms with E-state index in [0.717, 1.165) is 29.9 Å². The predicted molar refractivity (Wildman–Crippen MR) is 98.1 cm³/mol. The van der Waals surface area contributed by atoms with E-state index in [0.29, 0.717) is 6.54 Å². The zero-order valence-electron chi connectivity index (χ0n) is 14.6. The third-order valence-electron chi connectivity index (χ3n) is 3.46. The van der Waals surface area contributed by atoms with Crippen LogP contribution in [0.3, 0.4) is 0 Å². The van der Waals surface area contributed by atoms with Gasteiger partial charge < -0.3 is 19.7 Å². The van der Waals surface area contributed by atoms with E-state index in [1.807, 2.05) is 19.0 Å². The molecule has 0 saturated heterocycles. The molecule has 2 aromatic heterocycles. The second-order valence-corrected chi connectivity index (χ2v) is 6.49. The second kappa shape index (κ2) is 8.01. The molecule has 0 aromatic carbocycles. The van der Waals surface area contributed by atoms with E-state index in [1.165, 1.54) is 5.69 Å². The van der Waals surface area contributed by atoms with Crippen molar-refractivity contribution in [1.82, 2.24) is 19.8 Å². The first-order chi connectivity index (χ1) is 11.0. The molecule has 2 aromatic rings. The molecule has 0 aliphatic rings. The van der Waals surface area contributed by atoms with Gasteiger partial charge in [-0.05, 0) is 19.1 Å². The van der Waals surface area contributed by atoms with Crippen LogP contribution in [0.5, 0.6) is 0 Å².